The van der Waals surface area contributed by atoms with Crippen LogP contribution in [0.2, 0.25) is 5.02 Å². The Balaban J connectivity index is 2.44. The Kier molecular flexibility index (Phi) is 2.68. The van der Waals surface area contributed by atoms with Gasteiger partial charge < -0.3 is 5.73 Å². The minimum absolute atomic E-state index is 0.0453. The third-order valence-corrected chi connectivity index (χ3v) is 3.32. The van der Waals surface area contributed by atoms with Crippen molar-refractivity contribution in [3.05, 3.63) is 34.5 Å². The molecule has 0 saturated carbocycles. The lowest BCUT2D eigenvalue weighted by Gasteiger charge is -2.10. The summed E-state index contributed by atoms with van der Waals surface area (Å²) < 4.78 is 30.1. The zero-order chi connectivity index (χ0) is 14.6. The number of benzene rings is 1. The highest BCUT2D eigenvalue weighted by atomic mass is 35.5. The second kappa shape index (κ2) is 4.17. The number of aryl methyl sites for hydroxylation is 2. The largest absolute Gasteiger partial charge is 0.369 e. The van der Waals surface area contributed by atoms with E-state index in [1.54, 1.807) is 14.0 Å². The summed E-state index contributed by atoms with van der Waals surface area (Å²) in [5.74, 6) is -1.52. The Morgan fingerprint density at radius 3 is 2.65 bits per heavy atom. The second-order valence-electron chi connectivity index (χ2n) is 4.40. The van der Waals surface area contributed by atoms with E-state index in [9.17, 15) is 8.78 Å². The van der Waals surface area contributed by atoms with Gasteiger partial charge in [-0.2, -0.15) is 5.10 Å². The van der Waals surface area contributed by atoms with Crippen LogP contribution in [0.5, 0.6) is 0 Å². The Hall–Kier alpha value is -2.15. The summed E-state index contributed by atoms with van der Waals surface area (Å²) in [4.78, 5) is 4.15. The van der Waals surface area contributed by atoms with Crippen LogP contribution in [0.3, 0.4) is 0 Å². The standard InChI is InChI=1S/C12H10ClF2N5/c1-5-9-11(19(2)18-5)20(12(16)17-9)10-7(13)3-6(14)4-8(10)15/h3-4H,1-2H3,(H2,16,17). The fourth-order valence-corrected chi connectivity index (χ4v) is 2.54. The van der Waals surface area contributed by atoms with E-state index in [2.05, 4.69) is 10.1 Å². The number of fused-ring (bicyclic) bond motifs is 1. The zero-order valence-electron chi connectivity index (χ0n) is 10.7. The topological polar surface area (TPSA) is 61.7 Å². The molecule has 5 nitrogen and oxygen atoms in total. The summed E-state index contributed by atoms with van der Waals surface area (Å²) in [7, 11) is 1.68. The first-order valence-corrected chi connectivity index (χ1v) is 6.10. The third kappa shape index (κ3) is 1.66. The van der Waals surface area contributed by atoms with Gasteiger partial charge in [-0.15, -0.1) is 0 Å². The maximum absolute atomic E-state index is 14.1. The number of nitrogens with zero attached hydrogens (tertiary/aromatic N) is 4. The van der Waals surface area contributed by atoms with E-state index in [1.807, 2.05) is 0 Å². The molecule has 0 aliphatic rings. The SMILES string of the molecule is Cc1nn(C)c2c1nc(N)n2-c1c(F)cc(F)cc1Cl. The average Bonchev–Trinajstić information content (AvgIpc) is 2.78. The third-order valence-electron chi connectivity index (χ3n) is 3.03. The van der Waals surface area contributed by atoms with Gasteiger partial charge in [-0.25, -0.2) is 18.4 Å². The smallest absolute Gasteiger partial charge is 0.207 e. The minimum Gasteiger partial charge on any atom is -0.369 e. The number of imidazole rings is 1. The zero-order valence-corrected chi connectivity index (χ0v) is 11.4. The van der Waals surface area contributed by atoms with Crippen molar-refractivity contribution in [3.63, 3.8) is 0 Å². The maximum atomic E-state index is 14.1. The van der Waals surface area contributed by atoms with Gasteiger partial charge in [0.25, 0.3) is 0 Å². The number of hydrogen-bond donors (Lipinski definition) is 1. The molecule has 0 unspecified atom stereocenters. The molecule has 0 aliphatic heterocycles. The quantitative estimate of drug-likeness (QED) is 0.751. The lowest BCUT2D eigenvalue weighted by atomic mass is 10.3. The molecular formula is C12H10ClF2N5. The van der Waals surface area contributed by atoms with Crippen molar-refractivity contribution in [2.24, 2.45) is 7.05 Å². The number of aromatic nitrogens is 4. The molecule has 0 fully saturated rings. The van der Waals surface area contributed by atoms with Crippen LogP contribution in [-0.4, -0.2) is 19.3 Å². The maximum Gasteiger partial charge on any atom is 0.207 e. The van der Waals surface area contributed by atoms with E-state index in [0.717, 1.165) is 12.1 Å². The normalized spacial score (nSPS) is 11.4. The number of anilines is 1. The van der Waals surface area contributed by atoms with Gasteiger partial charge in [-0.3, -0.25) is 4.57 Å². The molecule has 2 aromatic heterocycles. The van der Waals surface area contributed by atoms with Crippen LogP contribution in [0, 0.1) is 18.6 Å². The first-order chi connectivity index (χ1) is 9.40. The Labute approximate surface area is 117 Å². The first kappa shape index (κ1) is 12.9. The van der Waals surface area contributed by atoms with Crippen LogP contribution >= 0.6 is 11.6 Å². The van der Waals surface area contributed by atoms with E-state index in [4.69, 9.17) is 17.3 Å². The van der Waals surface area contributed by atoms with Crippen LogP contribution < -0.4 is 5.73 Å². The van der Waals surface area contributed by atoms with Crippen molar-refractivity contribution >= 4 is 28.7 Å². The van der Waals surface area contributed by atoms with Crippen LogP contribution in [-0.2, 0) is 7.05 Å². The predicted octanol–water partition coefficient (Wildman–Crippen LogP) is 2.58. The average molecular weight is 298 g/mol. The molecule has 8 heteroatoms. The number of halogens is 3. The first-order valence-electron chi connectivity index (χ1n) is 5.72. The molecule has 0 radical (unpaired) electrons. The summed E-state index contributed by atoms with van der Waals surface area (Å²) in [6.45, 7) is 1.77. The van der Waals surface area contributed by atoms with Crippen molar-refractivity contribution < 1.29 is 8.78 Å². The fraction of sp³-hybridized carbons (Fsp3) is 0.167. The summed E-state index contributed by atoms with van der Waals surface area (Å²) in [6.07, 6.45) is 0. The van der Waals surface area contributed by atoms with Crippen LogP contribution in [0.4, 0.5) is 14.7 Å². The molecular weight excluding hydrogens is 288 g/mol. The molecule has 0 aliphatic carbocycles. The van der Waals surface area contributed by atoms with E-state index >= 15 is 0 Å². The monoisotopic (exact) mass is 297 g/mol. The highest BCUT2D eigenvalue weighted by Crippen LogP contribution is 2.31. The van der Waals surface area contributed by atoms with Crippen LogP contribution in [0.25, 0.3) is 16.9 Å². The van der Waals surface area contributed by atoms with Gasteiger partial charge in [0.2, 0.25) is 5.95 Å². The van der Waals surface area contributed by atoms with Gasteiger partial charge in [-0.05, 0) is 13.0 Å². The molecule has 2 N–H and O–H groups in total. The molecule has 20 heavy (non-hydrogen) atoms. The summed E-state index contributed by atoms with van der Waals surface area (Å²) in [5, 5.41) is 4.10. The molecule has 0 saturated heterocycles. The van der Waals surface area contributed by atoms with E-state index < -0.39 is 11.6 Å². The van der Waals surface area contributed by atoms with Gasteiger partial charge in [-0.1, -0.05) is 11.6 Å². The van der Waals surface area contributed by atoms with Crippen LogP contribution in [0.15, 0.2) is 12.1 Å². The highest BCUT2D eigenvalue weighted by Gasteiger charge is 2.21. The van der Waals surface area contributed by atoms with Gasteiger partial charge in [0.1, 0.15) is 17.0 Å². The predicted molar refractivity (Wildman–Crippen MR) is 71.9 cm³/mol. The van der Waals surface area contributed by atoms with Gasteiger partial charge in [0.05, 0.1) is 10.7 Å². The lowest BCUT2D eigenvalue weighted by molar-refractivity contribution is 0.578. The Morgan fingerprint density at radius 2 is 2.00 bits per heavy atom. The molecule has 104 valence electrons. The number of hydrogen-bond acceptors (Lipinski definition) is 3. The molecule has 3 rings (SSSR count). The van der Waals surface area contributed by atoms with Gasteiger partial charge in [0, 0.05) is 13.1 Å². The second-order valence-corrected chi connectivity index (χ2v) is 4.81. The Bertz CT molecular complexity index is 813. The summed E-state index contributed by atoms with van der Waals surface area (Å²) >= 11 is 5.94. The number of nitrogens with two attached hydrogens (primary N) is 1. The highest BCUT2D eigenvalue weighted by molar-refractivity contribution is 6.32. The lowest BCUT2D eigenvalue weighted by Crippen LogP contribution is -2.07. The van der Waals surface area contributed by atoms with Crippen LogP contribution in [0.1, 0.15) is 5.69 Å². The number of rotatable bonds is 1. The molecule has 3 aromatic rings. The minimum atomic E-state index is -0.820. The van der Waals surface area contributed by atoms with Crippen molar-refractivity contribution in [3.8, 4) is 5.69 Å². The summed E-state index contributed by atoms with van der Waals surface area (Å²) in [5.41, 5.74) is 7.49. The summed E-state index contributed by atoms with van der Waals surface area (Å²) in [6, 6.07) is 1.77. The number of nitrogen functional groups attached to an aromatic ring is 1. The molecule has 1 aromatic carbocycles. The van der Waals surface area contributed by atoms with Gasteiger partial charge in [0.15, 0.2) is 11.5 Å². The Morgan fingerprint density at radius 1 is 1.30 bits per heavy atom. The van der Waals surface area contributed by atoms with Crippen molar-refractivity contribution in [1.82, 2.24) is 19.3 Å². The van der Waals surface area contributed by atoms with E-state index in [1.165, 1.54) is 9.25 Å². The fourth-order valence-electron chi connectivity index (χ4n) is 2.26. The molecule has 0 amide bonds. The van der Waals surface area contributed by atoms with Crippen molar-refractivity contribution in [2.45, 2.75) is 6.92 Å². The van der Waals surface area contributed by atoms with Crippen molar-refractivity contribution in [1.29, 1.82) is 0 Å². The van der Waals surface area contributed by atoms with E-state index in [0.29, 0.717) is 16.9 Å². The molecule has 0 spiro atoms. The van der Waals surface area contributed by atoms with Gasteiger partial charge >= 0.3 is 0 Å². The van der Waals surface area contributed by atoms with Crippen molar-refractivity contribution in [2.75, 3.05) is 5.73 Å². The molecule has 2 heterocycles. The molecule has 0 bridgehead atoms. The molecule has 0 atom stereocenters. The van der Waals surface area contributed by atoms with E-state index in [-0.39, 0.29) is 16.7 Å².